The van der Waals surface area contributed by atoms with Crippen LogP contribution in [0.25, 0.3) is 0 Å². The Kier molecular flexibility index (Phi) is 7.28. The monoisotopic (exact) mass is 306 g/mol. The minimum Gasteiger partial charge on any atom is -0.448 e. The van der Waals surface area contributed by atoms with Crippen molar-refractivity contribution in [3.05, 3.63) is 29.7 Å². The second-order valence-electron chi connectivity index (χ2n) is 6.22. The van der Waals surface area contributed by atoms with Gasteiger partial charge in [0.25, 0.3) is 0 Å². The van der Waals surface area contributed by atoms with Crippen LogP contribution in [0.2, 0.25) is 0 Å². The molecular formula is C17H30N4O. The van der Waals surface area contributed by atoms with Gasteiger partial charge in [0.1, 0.15) is 6.26 Å². The predicted octanol–water partition coefficient (Wildman–Crippen LogP) is 4.73. The zero-order chi connectivity index (χ0) is 16.7. The van der Waals surface area contributed by atoms with Gasteiger partial charge in [-0.1, -0.05) is 46.8 Å². The molecule has 0 radical (unpaired) electrons. The van der Waals surface area contributed by atoms with Crippen molar-refractivity contribution >= 4 is 0 Å². The standard InChI is InChI=1S/C9H17N3.C8H13NO/c1-5-8(4)12-6-9(7(2)3)10-11-12;1-4-7-5-10-8(9-7)6(2)3/h6-8H,5H2,1-4H3;5-6H,4H2,1-3H3. The van der Waals surface area contributed by atoms with E-state index < -0.39 is 0 Å². The lowest BCUT2D eigenvalue weighted by Crippen LogP contribution is -2.03. The number of aryl methyl sites for hydroxylation is 1. The van der Waals surface area contributed by atoms with Gasteiger partial charge in [-0.3, -0.25) is 0 Å². The third kappa shape index (κ3) is 5.28. The molecule has 0 saturated heterocycles. The van der Waals surface area contributed by atoms with Gasteiger partial charge in [-0.2, -0.15) is 0 Å². The van der Waals surface area contributed by atoms with Crippen LogP contribution in [0.1, 0.15) is 90.0 Å². The second kappa shape index (κ2) is 8.71. The van der Waals surface area contributed by atoms with Crippen molar-refractivity contribution in [1.29, 1.82) is 0 Å². The van der Waals surface area contributed by atoms with Crippen molar-refractivity contribution in [3.8, 4) is 0 Å². The molecule has 0 spiro atoms. The molecule has 5 heteroatoms. The van der Waals surface area contributed by atoms with Gasteiger partial charge in [-0.25, -0.2) is 9.67 Å². The van der Waals surface area contributed by atoms with E-state index >= 15 is 0 Å². The highest BCUT2D eigenvalue weighted by Crippen LogP contribution is 2.14. The molecule has 1 atom stereocenters. The topological polar surface area (TPSA) is 56.7 Å². The van der Waals surface area contributed by atoms with Gasteiger partial charge in [0, 0.05) is 12.1 Å². The van der Waals surface area contributed by atoms with Crippen molar-refractivity contribution in [2.45, 2.75) is 79.2 Å². The second-order valence-corrected chi connectivity index (χ2v) is 6.22. The zero-order valence-electron chi connectivity index (χ0n) is 15.0. The highest BCUT2D eigenvalue weighted by Gasteiger charge is 2.07. The van der Waals surface area contributed by atoms with E-state index in [9.17, 15) is 0 Å². The molecule has 2 aromatic rings. The van der Waals surface area contributed by atoms with E-state index in [1.54, 1.807) is 6.26 Å². The third-order valence-corrected chi connectivity index (χ3v) is 3.59. The molecule has 0 fully saturated rings. The molecule has 5 nitrogen and oxygen atoms in total. The molecule has 2 rings (SSSR count). The van der Waals surface area contributed by atoms with Crippen LogP contribution in [0.15, 0.2) is 16.9 Å². The van der Waals surface area contributed by atoms with E-state index in [1.807, 2.05) is 10.9 Å². The Hall–Kier alpha value is -1.65. The van der Waals surface area contributed by atoms with Gasteiger partial charge >= 0.3 is 0 Å². The summed E-state index contributed by atoms with van der Waals surface area (Å²) < 4.78 is 7.15. The summed E-state index contributed by atoms with van der Waals surface area (Å²) in [6.45, 7) is 14.8. The summed E-state index contributed by atoms with van der Waals surface area (Å²) in [4.78, 5) is 4.26. The first-order chi connectivity index (χ1) is 10.4. The van der Waals surface area contributed by atoms with Crippen LogP contribution in [-0.2, 0) is 6.42 Å². The predicted molar refractivity (Wildman–Crippen MR) is 89.1 cm³/mol. The van der Waals surface area contributed by atoms with Gasteiger partial charge < -0.3 is 4.42 Å². The fourth-order valence-corrected chi connectivity index (χ4v) is 1.71. The largest absolute Gasteiger partial charge is 0.448 e. The number of nitrogens with zero attached hydrogens (tertiary/aromatic N) is 4. The lowest BCUT2D eigenvalue weighted by molar-refractivity contribution is 0.464. The lowest BCUT2D eigenvalue weighted by Gasteiger charge is -2.06. The molecular weight excluding hydrogens is 276 g/mol. The van der Waals surface area contributed by atoms with E-state index in [-0.39, 0.29) is 0 Å². The number of aromatic nitrogens is 4. The Labute approximate surface area is 134 Å². The summed E-state index contributed by atoms with van der Waals surface area (Å²) in [6.07, 6.45) is 5.82. The Morgan fingerprint density at radius 1 is 1.09 bits per heavy atom. The molecule has 2 aromatic heterocycles. The minimum absolute atomic E-state index is 0.403. The first-order valence-electron chi connectivity index (χ1n) is 8.24. The zero-order valence-corrected chi connectivity index (χ0v) is 15.0. The first-order valence-corrected chi connectivity index (χ1v) is 8.24. The van der Waals surface area contributed by atoms with Gasteiger partial charge in [0.15, 0.2) is 5.89 Å². The smallest absolute Gasteiger partial charge is 0.196 e. The van der Waals surface area contributed by atoms with Gasteiger partial charge in [-0.05, 0) is 25.7 Å². The van der Waals surface area contributed by atoms with Gasteiger partial charge in [0.05, 0.1) is 17.4 Å². The average molecular weight is 306 g/mol. The van der Waals surface area contributed by atoms with E-state index in [0.29, 0.717) is 17.9 Å². The maximum Gasteiger partial charge on any atom is 0.196 e. The molecule has 0 saturated carbocycles. The van der Waals surface area contributed by atoms with Crippen LogP contribution in [0, 0.1) is 0 Å². The van der Waals surface area contributed by atoms with Crippen molar-refractivity contribution in [3.63, 3.8) is 0 Å². The summed E-state index contributed by atoms with van der Waals surface area (Å²) >= 11 is 0. The SMILES string of the molecule is CCC(C)n1cc(C(C)C)nn1.CCc1coc(C(C)C)n1. The Morgan fingerprint density at radius 3 is 2.14 bits per heavy atom. The third-order valence-electron chi connectivity index (χ3n) is 3.59. The number of hydrogen-bond donors (Lipinski definition) is 0. The van der Waals surface area contributed by atoms with Crippen molar-refractivity contribution in [2.75, 3.05) is 0 Å². The maximum absolute atomic E-state index is 5.21. The summed E-state index contributed by atoms with van der Waals surface area (Å²) in [5.74, 6) is 1.72. The van der Waals surface area contributed by atoms with E-state index in [0.717, 1.165) is 30.1 Å². The molecule has 0 aliphatic carbocycles. The number of rotatable bonds is 5. The van der Waals surface area contributed by atoms with Gasteiger partial charge in [0.2, 0.25) is 0 Å². The fraction of sp³-hybridized carbons (Fsp3) is 0.706. The molecule has 0 N–H and O–H groups in total. The number of oxazole rings is 1. The summed E-state index contributed by atoms with van der Waals surface area (Å²) in [5.41, 5.74) is 2.12. The fourth-order valence-electron chi connectivity index (χ4n) is 1.71. The molecule has 0 aliphatic heterocycles. The summed E-state index contributed by atoms with van der Waals surface area (Å²) in [6, 6.07) is 0.463. The van der Waals surface area contributed by atoms with Crippen LogP contribution < -0.4 is 0 Å². The summed E-state index contributed by atoms with van der Waals surface area (Å²) in [7, 11) is 0. The van der Waals surface area contributed by atoms with Crippen LogP contribution in [0.3, 0.4) is 0 Å². The van der Waals surface area contributed by atoms with E-state index in [1.165, 1.54) is 0 Å². The highest BCUT2D eigenvalue weighted by atomic mass is 16.3. The normalized spacial score (nSPS) is 12.4. The number of hydrogen-bond acceptors (Lipinski definition) is 4. The van der Waals surface area contributed by atoms with E-state index in [2.05, 4.69) is 63.8 Å². The van der Waals surface area contributed by atoms with Crippen molar-refractivity contribution < 1.29 is 4.42 Å². The van der Waals surface area contributed by atoms with Crippen LogP contribution in [-0.4, -0.2) is 20.0 Å². The highest BCUT2D eigenvalue weighted by molar-refractivity contribution is 4.99. The first kappa shape index (κ1) is 18.4. The average Bonchev–Trinajstić information content (AvgIpc) is 3.15. The molecule has 0 aliphatic rings. The van der Waals surface area contributed by atoms with Crippen LogP contribution >= 0.6 is 0 Å². The molecule has 0 amide bonds. The van der Waals surface area contributed by atoms with Crippen LogP contribution in [0.5, 0.6) is 0 Å². The Morgan fingerprint density at radius 2 is 1.77 bits per heavy atom. The molecule has 2 heterocycles. The minimum atomic E-state index is 0.403. The lowest BCUT2D eigenvalue weighted by atomic mass is 10.1. The molecule has 0 aromatic carbocycles. The van der Waals surface area contributed by atoms with Crippen LogP contribution in [0.4, 0.5) is 0 Å². The van der Waals surface area contributed by atoms with Gasteiger partial charge in [-0.15, -0.1) is 5.10 Å². The maximum atomic E-state index is 5.21. The molecule has 22 heavy (non-hydrogen) atoms. The quantitative estimate of drug-likeness (QED) is 0.801. The molecule has 1 unspecified atom stereocenters. The summed E-state index contributed by atoms with van der Waals surface area (Å²) in [5, 5.41) is 8.17. The Bertz CT molecular complexity index is 542. The molecule has 124 valence electrons. The van der Waals surface area contributed by atoms with Crippen molar-refractivity contribution in [1.82, 2.24) is 20.0 Å². The Balaban J connectivity index is 0.000000224. The molecule has 0 bridgehead atoms. The van der Waals surface area contributed by atoms with E-state index in [4.69, 9.17) is 4.42 Å². The van der Waals surface area contributed by atoms with Crippen molar-refractivity contribution in [2.24, 2.45) is 0 Å².